The molecule has 0 aliphatic carbocycles. The van der Waals surface area contributed by atoms with Crippen molar-refractivity contribution < 1.29 is 14.6 Å². The monoisotopic (exact) mass is 282 g/mol. The minimum Gasteiger partial charge on any atom is -0.488 e. The zero-order valence-electron chi connectivity index (χ0n) is 9.64. The van der Waals surface area contributed by atoms with Crippen molar-refractivity contribution in [1.82, 2.24) is 0 Å². The van der Waals surface area contributed by atoms with Gasteiger partial charge >= 0.3 is 5.97 Å². The van der Waals surface area contributed by atoms with E-state index in [0.717, 1.165) is 10.4 Å². The number of ether oxygens (including phenoxy) is 1. The molecule has 1 N–H and O–H groups in total. The van der Waals surface area contributed by atoms with Crippen molar-refractivity contribution in [2.75, 3.05) is 0 Å². The molecular weight excluding hydrogens is 272 g/mol. The summed E-state index contributed by atoms with van der Waals surface area (Å²) in [5.74, 6) is -0.268. The summed E-state index contributed by atoms with van der Waals surface area (Å²) in [6.07, 6.45) is 0. The highest BCUT2D eigenvalue weighted by Gasteiger charge is 2.08. The number of halogens is 1. The number of thiophene rings is 1. The number of aryl methyl sites for hydroxylation is 1. The van der Waals surface area contributed by atoms with Crippen LogP contribution in [-0.2, 0) is 6.61 Å². The van der Waals surface area contributed by atoms with Gasteiger partial charge in [-0.25, -0.2) is 4.79 Å². The molecular formula is C13H11ClO3S. The van der Waals surface area contributed by atoms with Gasteiger partial charge in [0.25, 0.3) is 0 Å². The van der Waals surface area contributed by atoms with E-state index in [1.54, 1.807) is 12.1 Å². The van der Waals surface area contributed by atoms with Crippen LogP contribution in [-0.4, -0.2) is 11.1 Å². The van der Waals surface area contributed by atoms with Crippen LogP contribution in [0, 0.1) is 6.92 Å². The quantitative estimate of drug-likeness (QED) is 0.922. The number of hydrogen-bond acceptors (Lipinski definition) is 3. The molecule has 0 amide bonds. The largest absolute Gasteiger partial charge is 0.488 e. The predicted octanol–water partition coefficient (Wildman–Crippen LogP) is 3.99. The van der Waals surface area contributed by atoms with Crippen molar-refractivity contribution >= 4 is 28.9 Å². The average molecular weight is 283 g/mol. The number of hydrogen-bond donors (Lipinski definition) is 1. The SMILES string of the molecule is Cc1cc(C(=O)O)ccc1OCc1sccc1Cl. The Hall–Kier alpha value is -1.52. The minimum atomic E-state index is -0.939. The van der Waals surface area contributed by atoms with E-state index in [0.29, 0.717) is 17.4 Å². The Kier molecular flexibility index (Phi) is 3.89. The van der Waals surface area contributed by atoms with Crippen molar-refractivity contribution in [3.63, 3.8) is 0 Å². The second-order valence-corrected chi connectivity index (χ2v) is 5.17. The molecule has 0 aliphatic rings. The Morgan fingerprint density at radius 2 is 2.22 bits per heavy atom. The predicted molar refractivity (Wildman–Crippen MR) is 71.8 cm³/mol. The van der Waals surface area contributed by atoms with E-state index < -0.39 is 5.97 Å². The molecule has 0 saturated carbocycles. The third-order valence-electron chi connectivity index (χ3n) is 2.47. The van der Waals surface area contributed by atoms with E-state index in [1.807, 2.05) is 18.4 Å². The molecule has 0 saturated heterocycles. The molecule has 0 fully saturated rings. The Morgan fingerprint density at radius 3 is 2.78 bits per heavy atom. The molecule has 3 nitrogen and oxygen atoms in total. The normalized spacial score (nSPS) is 10.3. The van der Waals surface area contributed by atoms with Gasteiger partial charge in [-0.1, -0.05) is 11.6 Å². The van der Waals surface area contributed by atoms with Gasteiger partial charge in [0.15, 0.2) is 0 Å². The van der Waals surface area contributed by atoms with Crippen molar-refractivity contribution in [3.05, 3.63) is 50.7 Å². The summed E-state index contributed by atoms with van der Waals surface area (Å²) in [4.78, 5) is 11.8. The lowest BCUT2D eigenvalue weighted by atomic mass is 10.1. The fourth-order valence-corrected chi connectivity index (χ4v) is 2.52. The van der Waals surface area contributed by atoms with Gasteiger partial charge in [0.1, 0.15) is 12.4 Å². The molecule has 18 heavy (non-hydrogen) atoms. The fraction of sp³-hybridized carbons (Fsp3) is 0.154. The van der Waals surface area contributed by atoms with Gasteiger partial charge in [-0.2, -0.15) is 0 Å². The maximum atomic E-state index is 10.8. The first kappa shape index (κ1) is 12.9. The smallest absolute Gasteiger partial charge is 0.335 e. The summed E-state index contributed by atoms with van der Waals surface area (Å²) in [5, 5.41) is 11.5. The number of benzene rings is 1. The fourth-order valence-electron chi connectivity index (χ4n) is 1.52. The van der Waals surface area contributed by atoms with Crippen LogP contribution in [0.1, 0.15) is 20.8 Å². The van der Waals surface area contributed by atoms with Crippen LogP contribution in [0.5, 0.6) is 5.75 Å². The molecule has 0 bridgehead atoms. The Morgan fingerprint density at radius 1 is 1.44 bits per heavy atom. The molecule has 5 heteroatoms. The third kappa shape index (κ3) is 2.83. The molecule has 0 atom stereocenters. The molecule has 0 radical (unpaired) electrons. The molecule has 2 aromatic rings. The Labute approximate surface area is 114 Å². The zero-order valence-corrected chi connectivity index (χ0v) is 11.2. The van der Waals surface area contributed by atoms with Gasteiger partial charge in [0.2, 0.25) is 0 Å². The summed E-state index contributed by atoms with van der Waals surface area (Å²) >= 11 is 7.50. The van der Waals surface area contributed by atoms with Crippen molar-refractivity contribution in [2.24, 2.45) is 0 Å². The summed E-state index contributed by atoms with van der Waals surface area (Å²) in [7, 11) is 0. The van der Waals surface area contributed by atoms with E-state index in [1.165, 1.54) is 17.4 Å². The number of aromatic carboxylic acids is 1. The topological polar surface area (TPSA) is 46.5 Å². The Bertz CT molecular complexity index is 577. The molecule has 0 spiro atoms. The molecule has 1 aromatic heterocycles. The van der Waals surface area contributed by atoms with Crippen molar-refractivity contribution in [1.29, 1.82) is 0 Å². The lowest BCUT2D eigenvalue weighted by Gasteiger charge is -2.09. The van der Waals surface area contributed by atoms with Gasteiger partial charge < -0.3 is 9.84 Å². The number of rotatable bonds is 4. The molecule has 94 valence electrons. The summed E-state index contributed by atoms with van der Waals surface area (Å²) < 4.78 is 5.63. The van der Waals surface area contributed by atoms with E-state index in [9.17, 15) is 4.79 Å². The van der Waals surface area contributed by atoms with Crippen molar-refractivity contribution in [2.45, 2.75) is 13.5 Å². The van der Waals surface area contributed by atoms with Gasteiger partial charge in [-0.3, -0.25) is 0 Å². The highest BCUT2D eigenvalue weighted by atomic mass is 35.5. The zero-order chi connectivity index (χ0) is 13.1. The second-order valence-electron chi connectivity index (χ2n) is 3.77. The molecule has 1 heterocycles. The highest BCUT2D eigenvalue weighted by molar-refractivity contribution is 7.10. The van der Waals surface area contributed by atoms with Crippen LogP contribution in [0.4, 0.5) is 0 Å². The first-order valence-electron chi connectivity index (χ1n) is 5.26. The van der Waals surface area contributed by atoms with Gasteiger partial charge in [0, 0.05) is 0 Å². The van der Waals surface area contributed by atoms with Gasteiger partial charge in [-0.15, -0.1) is 11.3 Å². The molecule has 2 rings (SSSR count). The lowest BCUT2D eigenvalue weighted by Crippen LogP contribution is -1.99. The van der Waals surface area contributed by atoms with Crippen LogP contribution in [0.3, 0.4) is 0 Å². The highest BCUT2D eigenvalue weighted by Crippen LogP contribution is 2.25. The molecule has 1 aromatic carbocycles. The standard InChI is InChI=1S/C13H11ClO3S/c1-8-6-9(13(15)16)2-3-11(8)17-7-12-10(14)4-5-18-12/h2-6H,7H2,1H3,(H,15,16). The van der Waals surface area contributed by atoms with E-state index in [-0.39, 0.29) is 5.56 Å². The summed E-state index contributed by atoms with van der Waals surface area (Å²) in [6, 6.07) is 6.61. The van der Waals surface area contributed by atoms with Crippen LogP contribution >= 0.6 is 22.9 Å². The maximum absolute atomic E-state index is 10.8. The van der Waals surface area contributed by atoms with E-state index >= 15 is 0 Å². The van der Waals surface area contributed by atoms with Crippen LogP contribution in [0.15, 0.2) is 29.6 Å². The summed E-state index contributed by atoms with van der Waals surface area (Å²) in [5.41, 5.74) is 1.05. The lowest BCUT2D eigenvalue weighted by molar-refractivity contribution is 0.0696. The van der Waals surface area contributed by atoms with Crippen LogP contribution < -0.4 is 4.74 Å². The van der Waals surface area contributed by atoms with E-state index in [4.69, 9.17) is 21.4 Å². The average Bonchev–Trinajstić information content (AvgIpc) is 2.73. The van der Waals surface area contributed by atoms with Gasteiger partial charge in [-0.05, 0) is 42.1 Å². The number of carboxylic acids is 1. The first-order chi connectivity index (χ1) is 8.58. The van der Waals surface area contributed by atoms with Gasteiger partial charge in [0.05, 0.1) is 15.5 Å². The molecule has 0 unspecified atom stereocenters. The first-order valence-corrected chi connectivity index (χ1v) is 6.52. The number of carbonyl (C=O) groups is 1. The maximum Gasteiger partial charge on any atom is 0.335 e. The third-order valence-corrected chi connectivity index (χ3v) is 3.83. The molecule has 0 aliphatic heterocycles. The van der Waals surface area contributed by atoms with E-state index in [2.05, 4.69) is 0 Å². The number of carboxylic acid groups (broad SMARTS) is 1. The van der Waals surface area contributed by atoms with Crippen LogP contribution in [0.2, 0.25) is 5.02 Å². The summed E-state index contributed by atoms with van der Waals surface area (Å²) in [6.45, 7) is 2.21. The minimum absolute atomic E-state index is 0.258. The van der Waals surface area contributed by atoms with Crippen molar-refractivity contribution in [3.8, 4) is 5.75 Å². The Balaban J connectivity index is 2.11. The second kappa shape index (κ2) is 5.42. The van der Waals surface area contributed by atoms with Crippen LogP contribution in [0.25, 0.3) is 0 Å².